The second-order valence-corrected chi connectivity index (χ2v) is 9.38. The molecule has 136 valence electrons. The summed E-state index contributed by atoms with van der Waals surface area (Å²) < 4.78 is 34.1. The Morgan fingerprint density at radius 2 is 2.20 bits per heavy atom. The first-order valence-electron chi connectivity index (χ1n) is 7.99. The van der Waals surface area contributed by atoms with Crippen LogP contribution in [-0.2, 0) is 14.8 Å². The maximum atomic E-state index is 13.2. The summed E-state index contributed by atoms with van der Waals surface area (Å²) in [4.78, 5) is 14.6. The molecule has 1 aromatic heterocycles. The number of fused-ring (bicyclic) bond motifs is 1. The van der Waals surface area contributed by atoms with Gasteiger partial charge in [-0.1, -0.05) is 0 Å². The number of amides is 1. The number of aromatic amines is 1. The highest BCUT2D eigenvalue weighted by Gasteiger charge is 2.32. The average molecular weight is 477 g/mol. The van der Waals surface area contributed by atoms with Gasteiger partial charge in [0.05, 0.1) is 6.10 Å². The Bertz CT molecular complexity index is 903. The highest BCUT2D eigenvalue weighted by atomic mass is 127. The molecule has 0 bridgehead atoms. The van der Waals surface area contributed by atoms with Gasteiger partial charge in [0.2, 0.25) is 10.0 Å². The number of H-pyrrole nitrogens is 1. The summed E-state index contributed by atoms with van der Waals surface area (Å²) in [6.45, 7) is 0.896. The third-order valence-electron chi connectivity index (χ3n) is 4.36. The van der Waals surface area contributed by atoms with Crippen LogP contribution in [0.5, 0.6) is 0 Å². The molecule has 0 saturated carbocycles. The fourth-order valence-electron chi connectivity index (χ4n) is 3.07. The van der Waals surface area contributed by atoms with Crippen molar-refractivity contribution in [3.05, 3.63) is 27.5 Å². The maximum Gasteiger partial charge on any atom is 0.266 e. The molecule has 2 heterocycles. The van der Waals surface area contributed by atoms with Gasteiger partial charge in [0.15, 0.2) is 0 Å². The quantitative estimate of drug-likeness (QED) is 0.644. The van der Waals surface area contributed by atoms with E-state index >= 15 is 0 Å². The van der Waals surface area contributed by atoms with Gasteiger partial charge in [-0.25, -0.2) is 8.42 Å². The van der Waals surface area contributed by atoms with Crippen LogP contribution in [0.1, 0.15) is 29.8 Å². The molecule has 9 heteroatoms. The smallest absolute Gasteiger partial charge is 0.266 e. The number of primary amides is 1. The molecule has 3 N–H and O–H groups in total. The van der Waals surface area contributed by atoms with E-state index < -0.39 is 15.9 Å². The Morgan fingerprint density at radius 1 is 1.44 bits per heavy atom. The predicted molar refractivity (Wildman–Crippen MR) is 103 cm³/mol. The van der Waals surface area contributed by atoms with Crippen LogP contribution in [-0.4, -0.2) is 49.9 Å². The van der Waals surface area contributed by atoms with E-state index in [4.69, 9.17) is 10.5 Å². The molecular formula is C16H20IN3O4S. The van der Waals surface area contributed by atoms with Crippen molar-refractivity contribution in [3.8, 4) is 0 Å². The van der Waals surface area contributed by atoms with E-state index in [0.717, 1.165) is 22.8 Å². The lowest BCUT2D eigenvalue weighted by atomic mass is 10.1. The van der Waals surface area contributed by atoms with Crippen molar-refractivity contribution < 1.29 is 17.9 Å². The summed E-state index contributed by atoms with van der Waals surface area (Å²) in [5.74, 6) is -0.799. The van der Waals surface area contributed by atoms with Crippen molar-refractivity contribution in [1.82, 2.24) is 9.29 Å². The number of hydrogen-bond donors (Lipinski definition) is 2. The number of carbonyl (C=O) groups excluding carboxylic acids is 1. The second kappa shape index (κ2) is 7.22. The zero-order chi connectivity index (χ0) is 18.2. The molecule has 1 fully saturated rings. The fourth-order valence-corrected chi connectivity index (χ4v) is 5.09. The average Bonchev–Trinajstić information content (AvgIpc) is 2.95. The zero-order valence-electron chi connectivity index (χ0n) is 13.8. The Labute approximate surface area is 160 Å². The predicted octanol–water partition coefficient (Wildman–Crippen LogP) is 2.06. The van der Waals surface area contributed by atoms with E-state index in [1.54, 1.807) is 12.1 Å². The lowest BCUT2D eigenvalue weighted by Crippen LogP contribution is -2.37. The van der Waals surface area contributed by atoms with Crippen LogP contribution in [0.25, 0.3) is 10.9 Å². The molecule has 2 aromatic rings. The number of nitrogens with two attached hydrogens (primary N) is 1. The number of likely N-dealkylation sites (N-methyl/N-ethyl adjacent to an activating group) is 1. The van der Waals surface area contributed by atoms with Gasteiger partial charge in [0.25, 0.3) is 5.91 Å². The van der Waals surface area contributed by atoms with Crippen LogP contribution in [0, 0.1) is 3.57 Å². The second-order valence-electron chi connectivity index (χ2n) is 6.16. The number of nitrogens with zero attached hydrogens (tertiary/aromatic N) is 1. The first-order chi connectivity index (χ1) is 11.8. The molecule has 0 spiro atoms. The molecular weight excluding hydrogens is 457 g/mol. The van der Waals surface area contributed by atoms with Gasteiger partial charge in [-0.3, -0.25) is 4.79 Å². The standard InChI is InChI=1S/C16H20IN3O4S/c1-20(9-11-4-2-3-7-24-11)25(22,23)15-12-8-10(17)5-6-13(12)19-14(15)16(18)21/h5-6,8,11,19H,2-4,7,9H2,1H3,(H2,18,21). The van der Waals surface area contributed by atoms with E-state index in [1.807, 2.05) is 6.07 Å². The van der Waals surface area contributed by atoms with Crippen molar-refractivity contribution in [3.63, 3.8) is 0 Å². The number of carbonyl (C=O) groups is 1. The van der Waals surface area contributed by atoms with Crippen molar-refractivity contribution in [2.45, 2.75) is 30.3 Å². The van der Waals surface area contributed by atoms with Crippen LogP contribution in [0.3, 0.4) is 0 Å². The van der Waals surface area contributed by atoms with Crippen molar-refractivity contribution >= 4 is 49.4 Å². The van der Waals surface area contributed by atoms with Crippen LogP contribution in [0.15, 0.2) is 23.1 Å². The molecule has 1 atom stereocenters. The number of ether oxygens (including phenoxy) is 1. The van der Waals surface area contributed by atoms with Crippen LogP contribution >= 0.6 is 22.6 Å². The molecule has 25 heavy (non-hydrogen) atoms. The largest absolute Gasteiger partial charge is 0.377 e. The minimum Gasteiger partial charge on any atom is -0.377 e. The van der Waals surface area contributed by atoms with Gasteiger partial charge in [0.1, 0.15) is 10.6 Å². The summed E-state index contributed by atoms with van der Waals surface area (Å²) >= 11 is 2.10. The highest BCUT2D eigenvalue weighted by Crippen LogP contribution is 2.30. The SMILES string of the molecule is CN(CC1CCCCO1)S(=O)(=O)c1c(C(N)=O)[nH]c2ccc(I)cc12. The monoisotopic (exact) mass is 477 g/mol. The van der Waals surface area contributed by atoms with Crippen molar-refractivity contribution in [1.29, 1.82) is 0 Å². The lowest BCUT2D eigenvalue weighted by Gasteiger charge is -2.27. The van der Waals surface area contributed by atoms with E-state index in [-0.39, 0.29) is 23.2 Å². The first-order valence-corrected chi connectivity index (χ1v) is 10.5. The molecule has 0 radical (unpaired) electrons. The first kappa shape index (κ1) is 18.6. The molecule has 1 aliphatic heterocycles. The summed E-state index contributed by atoms with van der Waals surface area (Å²) in [5.41, 5.74) is 5.89. The Kier molecular flexibility index (Phi) is 5.37. The third-order valence-corrected chi connectivity index (χ3v) is 6.94. The van der Waals surface area contributed by atoms with Gasteiger partial charge in [0, 0.05) is 34.7 Å². The number of benzene rings is 1. The van der Waals surface area contributed by atoms with E-state index in [0.29, 0.717) is 17.5 Å². The summed E-state index contributed by atoms with van der Waals surface area (Å²) in [6, 6.07) is 5.31. The zero-order valence-corrected chi connectivity index (χ0v) is 16.8. The Balaban J connectivity index is 2.04. The fraction of sp³-hybridized carbons (Fsp3) is 0.438. The summed E-state index contributed by atoms with van der Waals surface area (Å²) in [6.07, 6.45) is 2.72. The van der Waals surface area contributed by atoms with Crippen LogP contribution in [0.4, 0.5) is 0 Å². The van der Waals surface area contributed by atoms with Crippen LogP contribution in [0.2, 0.25) is 0 Å². The topological polar surface area (TPSA) is 105 Å². The Morgan fingerprint density at radius 3 is 2.84 bits per heavy atom. The summed E-state index contributed by atoms with van der Waals surface area (Å²) in [5, 5.41) is 0.470. The molecule has 1 saturated heterocycles. The third kappa shape index (κ3) is 3.69. The van der Waals surface area contributed by atoms with Crippen molar-refractivity contribution in [2.24, 2.45) is 5.73 Å². The van der Waals surface area contributed by atoms with Crippen molar-refractivity contribution in [2.75, 3.05) is 20.2 Å². The van der Waals surface area contributed by atoms with Gasteiger partial charge in [-0.2, -0.15) is 4.31 Å². The van der Waals surface area contributed by atoms with E-state index in [9.17, 15) is 13.2 Å². The lowest BCUT2D eigenvalue weighted by molar-refractivity contribution is 0.00859. The number of hydrogen-bond acceptors (Lipinski definition) is 4. The highest BCUT2D eigenvalue weighted by molar-refractivity contribution is 14.1. The summed E-state index contributed by atoms with van der Waals surface area (Å²) in [7, 11) is -2.39. The molecule has 1 amide bonds. The van der Waals surface area contributed by atoms with Crippen LogP contribution < -0.4 is 5.73 Å². The van der Waals surface area contributed by atoms with E-state index in [2.05, 4.69) is 27.6 Å². The molecule has 3 rings (SSSR count). The normalized spacial score (nSPS) is 18.8. The minimum absolute atomic E-state index is 0.0631. The number of sulfonamides is 1. The molecule has 1 aliphatic rings. The van der Waals surface area contributed by atoms with Gasteiger partial charge < -0.3 is 15.5 Å². The maximum absolute atomic E-state index is 13.2. The molecule has 1 unspecified atom stereocenters. The number of nitrogens with one attached hydrogen (secondary N) is 1. The van der Waals surface area contributed by atoms with Gasteiger partial charge in [-0.15, -0.1) is 0 Å². The Hall–Kier alpha value is -1.17. The minimum atomic E-state index is -3.90. The molecule has 1 aromatic carbocycles. The van der Waals surface area contributed by atoms with Gasteiger partial charge in [-0.05, 0) is 60.1 Å². The number of halogens is 1. The molecule has 7 nitrogen and oxygen atoms in total. The number of rotatable bonds is 5. The van der Waals surface area contributed by atoms with E-state index in [1.165, 1.54) is 11.4 Å². The van der Waals surface area contributed by atoms with Gasteiger partial charge >= 0.3 is 0 Å². The number of aromatic nitrogens is 1. The molecule has 0 aliphatic carbocycles.